The smallest absolute Gasteiger partial charge is 0.244 e. The van der Waals surface area contributed by atoms with Crippen LogP contribution >= 0.6 is 11.8 Å². The van der Waals surface area contributed by atoms with Gasteiger partial charge in [0.05, 0.1) is 5.03 Å². The van der Waals surface area contributed by atoms with Gasteiger partial charge in [0.25, 0.3) is 0 Å². The van der Waals surface area contributed by atoms with Crippen LogP contribution in [-0.2, 0) is 14.8 Å². The lowest BCUT2D eigenvalue weighted by Gasteiger charge is -2.18. The molecule has 166 valence electrons. The van der Waals surface area contributed by atoms with Crippen LogP contribution in [0.2, 0.25) is 0 Å². The van der Waals surface area contributed by atoms with Gasteiger partial charge in [0.2, 0.25) is 15.9 Å². The van der Waals surface area contributed by atoms with Gasteiger partial charge in [0.15, 0.2) is 0 Å². The van der Waals surface area contributed by atoms with Crippen molar-refractivity contribution in [2.75, 3.05) is 18.4 Å². The Morgan fingerprint density at radius 1 is 1.00 bits per heavy atom. The highest BCUT2D eigenvalue weighted by molar-refractivity contribution is 8.00. The number of nitrogens with zero attached hydrogens (tertiary/aromatic N) is 2. The van der Waals surface area contributed by atoms with E-state index in [0.717, 1.165) is 29.7 Å². The summed E-state index contributed by atoms with van der Waals surface area (Å²) in [5, 5.41) is 3.02. The van der Waals surface area contributed by atoms with E-state index in [1.54, 1.807) is 12.1 Å². The van der Waals surface area contributed by atoms with Crippen LogP contribution in [0.25, 0.3) is 0 Å². The molecule has 0 radical (unpaired) electrons. The van der Waals surface area contributed by atoms with Crippen molar-refractivity contribution in [2.45, 2.75) is 34.9 Å². The van der Waals surface area contributed by atoms with Crippen LogP contribution in [0.15, 0.2) is 82.8 Å². The number of anilines is 1. The highest BCUT2D eigenvalue weighted by Crippen LogP contribution is 2.35. The molecular formula is C24H25N3O3S2. The molecule has 6 nitrogen and oxygen atoms in total. The van der Waals surface area contributed by atoms with Gasteiger partial charge < -0.3 is 5.32 Å². The van der Waals surface area contributed by atoms with Gasteiger partial charge in [-0.05, 0) is 49.6 Å². The highest BCUT2D eigenvalue weighted by Gasteiger charge is 2.28. The molecule has 3 aromatic rings. The third kappa shape index (κ3) is 5.20. The maximum Gasteiger partial charge on any atom is 0.244 e. The number of hydrogen-bond acceptors (Lipinski definition) is 5. The summed E-state index contributed by atoms with van der Waals surface area (Å²) in [4.78, 5) is 17.7. The summed E-state index contributed by atoms with van der Waals surface area (Å²) in [6.07, 6.45) is 3.15. The van der Waals surface area contributed by atoms with Crippen molar-refractivity contribution in [1.82, 2.24) is 9.29 Å². The quantitative estimate of drug-likeness (QED) is 0.512. The van der Waals surface area contributed by atoms with Crippen molar-refractivity contribution >= 4 is 33.4 Å². The van der Waals surface area contributed by atoms with E-state index in [2.05, 4.69) is 10.3 Å². The SMILES string of the molecule is Cc1ccc(NC(=O)[C@H](Sc2ccc(S(=O)(=O)N3CCCC3)cn2)c2ccccc2)cc1. The number of aryl methyl sites for hydroxylation is 1. The van der Waals surface area contributed by atoms with E-state index in [1.165, 1.54) is 22.3 Å². The molecule has 0 spiro atoms. The van der Waals surface area contributed by atoms with E-state index in [9.17, 15) is 13.2 Å². The summed E-state index contributed by atoms with van der Waals surface area (Å²) < 4.78 is 27.0. The zero-order valence-corrected chi connectivity index (χ0v) is 19.4. The fourth-order valence-electron chi connectivity index (χ4n) is 3.53. The van der Waals surface area contributed by atoms with Crippen LogP contribution < -0.4 is 5.32 Å². The monoisotopic (exact) mass is 467 g/mol. The van der Waals surface area contributed by atoms with Gasteiger partial charge in [-0.15, -0.1) is 0 Å². The molecule has 0 saturated carbocycles. The van der Waals surface area contributed by atoms with Crippen LogP contribution in [0.4, 0.5) is 5.69 Å². The summed E-state index contributed by atoms with van der Waals surface area (Å²) in [5.41, 5.74) is 2.69. The predicted octanol–water partition coefficient (Wildman–Crippen LogP) is 4.65. The van der Waals surface area contributed by atoms with Crippen molar-refractivity contribution < 1.29 is 13.2 Å². The zero-order valence-electron chi connectivity index (χ0n) is 17.8. The molecule has 1 amide bonds. The number of nitrogens with one attached hydrogen (secondary N) is 1. The summed E-state index contributed by atoms with van der Waals surface area (Å²) >= 11 is 1.29. The van der Waals surface area contributed by atoms with Crippen molar-refractivity contribution in [3.8, 4) is 0 Å². The van der Waals surface area contributed by atoms with Crippen LogP contribution in [0, 0.1) is 6.92 Å². The fourth-order valence-corrected chi connectivity index (χ4v) is 5.96. The summed E-state index contributed by atoms with van der Waals surface area (Å²) in [6.45, 7) is 3.09. The molecule has 4 rings (SSSR count). The van der Waals surface area contributed by atoms with Gasteiger partial charge in [-0.2, -0.15) is 4.31 Å². The minimum atomic E-state index is -3.51. The standard InChI is InChI=1S/C24H25N3O3S2/c1-18-9-11-20(12-10-18)26-24(28)23(19-7-3-2-4-8-19)31-22-14-13-21(17-25-22)32(29,30)27-15-5-6-16-27/h2-4,7-14,17,23H,5-6,15-16H2,1H3,(H,26,28)/t23-/m1/s1. The predicted molar refractivity (Wildman–Crippen MR) is 127 cm³/mol. The molecule has 1 N–H and O–H groups in total. The summed E-state index contributed by atoms with van der Waals surface area (Å²) in [6, 6.07) is 20.4. The molecule has 0 bridgehead atoms. The minimum absolute atomic E-state index is 0.166. The molecule has 8 heteroatoms. The van der Waals surface area contributed by atoms with Crippen LogP contribution in [0.3, 0.4) is 0 Å². The molecule has 1 aliphatic heterocycles. The molecule has 1 fully saturated rings. The summed E-state index contributed by atoms with van der Waals surface area (Å²) in [5.74, 6) is -0.166. The summed E-state index contributed by atoms with van der Waals surface area (Å²) in [7, 11) is -3.51. The zero-order chi connectivity index (χ0) is 22.6. The second kappa shape index (κ2) is 9.85. The van der Waals surface area contributed by atoms with Gasteiger partial charge in [0, 0.05) is 25.0 Å². The molecule has 0 unspecified atom stereocenters. The number of pyridine rings is 1. The van der Waals surface area contributed by atoms with Gasteiger partial charge in [-0.3, -0.25) is 4.79 Å². The number of carbonyl (C=O) groups is 1. The molecule has 0 aliphatic carbocycles. The number of benzene rings is 2. The molecule has 2 heterocycles. The first-order valence-electron chi connectivity index (χ1n) is 10.5. The first-order valence-corrected chi connectivity index (χ1v) is 12.8. The Morgan fingerprint density at radius 3 is 2.31 bits per heavy atom. The van der Waals surface area contributed by atoms with E-state index in [0.29, 0.717) is 18.1 Å². The third-order valence-corrected chi connectivity index (χ3v) is 8.40. The lowest BCUT2D eigenvalue weighted by Crippen LogP contribution is -2.27. The van der Waals surface area contributed by atoms with Crippen molar-refractivity contribution in [1.29, 1.82) is 0 Å². The van der Waals surface area contributed by atoms with Gasteiger partial charge >= 0.3 is 0 Å². The Labute approximate surface area is 193 Å². The lowest BCUT2D eigenvalue weighted by atomic mass is 10.1. The number of hydrogen-bond donors (Lipinski definition) is 1. The Morgan fingerprint density at radius 2 is 1.69 bits per heavy atom. The highest BCUT2D eigenvalue weighted by atomic mass is 32.2. The Hall–Kier alpha value is -2.68. The van der Waals surface area contributed by atoms with Crippen molar-refractivity contribution in [2.24, 2.45) is 0 Å². The molecule has 1 saturated heterocycles. The average molecular weight is 468 g/mol. The van der Waals surface area contributed by atoms with Crippen molar-refractivity contribution in [3.05, 3.63) is 84.1 Å². The van der Waals surface area contributed by atoms with Crippen LogP contribution in [0.1, 0.15) is 29.2 Å². The molecular weight excluding hydrogens is 442 g/mol. The number of amides is 1. The first-order chi connectivity index (χ1) is 15.4. The molecule has 2 aromatic carbocycles. The van der Waals surface area contributed by atoms with E-state index in [-0.39, 0.29) is 10.8 Å². The number of thioether (sulfide) groups is 1. The van der Waals surface area contributed by atoms with E-state index < -0.39 is 15.3 Å². The molecule has 32 heavy (non-hydrogen) atoms. The Bertz CT molecular complexity index is 1160. The minimum Gasteiger partial charge on any atom is -0.325 e. The second-order valence-corrected chi connectivity index (χ2v) is 10.8. The number of aromatic nitrogens is 1. The average Bonchev–Trinajstić information content (AvgIpc) is 3.36. The van der Waals surface area contributed by atoms with E-state index >= 15 is 0 Å². The third-order valence-electron chi connectivity index (χ3n) is 5.31. The number of rotatable bonds is 7. The maximum absolute atomic E-state index is 13.1. The Balaban J connectivity index is 1.54. The topological polar surface area (TPSA) is 79.4 Å². The second-order valence-electron chi connectivity index (χ2n) is 7.71. The van der Waals surface area contributed by atoms with Gasteiger partial charge in [-0.25, -0.2) is 13.4 Å². The van der Waals surface area contributed by atoms with Crippen LogP contribution in [0.5, 0.6) is 0 Å². The van der Waals surface area contributed by atoms with Gasteiger partial charge in [-0.1, -0.05) is 59.8 Å². The molecule has 1 atom stereocenters. The lowest BCUT2D eigenvalue weighted by molar-refractivity contribution is -0.115. The van der Waals surface area contributed by atoms with Gasteiger partial charge in [0.1, 0.15) is 10.1 Å². The fraction of sp³-hybridized carbons (Fsp3) is 0.250. The van der Waals surface area contributed by atoms with E-state index in [1.807, 2.05) is 61.5 Å². The van der Waals surface area contributed by atoms with Crippen LogP contribution in [-0.4, -0.2) is 36.7 Å². The first kappa shape index (κ1) is 22.5. The normalized spacial score (nSPS) is 15.4. The molecule has 1 aromatic heterocycles. The maximum atomic E-state index is 13.1. The molecule has 1 aliphatic rings. The van der Waals surface area contributed by atoms with E-state index in [4.69, 9.17) is 0 Å². The van der Waals surface area contributed by atoms with Crippen molar-refractivity contribution in [3.63, 3.8) is 0 Å². The number of sulfonamides is 1. The number of carbonyl (C=O) groups excluding carboxylic acids is 1. The Kier molecular flexibility index (Phi) is 6.93. The largest absolute Gasteiger partial charge is 0.325 e.